The predicted molar refractivity (Wildman–Crippen MR) is 101 cm³/mol. The van der Waals surface area contributed by atoms with Gasteiger partial charge in [-0.15, -0.1) is 0 Å². The second-order valence-corrected chi connectivity index (χ2v) is 5.31. The second kappa shape index (κ2) is 9.23. The molecule has 0 aliphatic heterocycles. The summed E-state index contributed by atoms with van der Waals surface area (Å²) in [6.07, 6.45) is 2.93. The molecular weight excluding hydrogens is 352 g/mol. The van der Waals surface area contributed by atoms with E-state index in [0.29, 0.717) is 23.8 Å². The van der Waals surface area contributed by atoms with E-state index in [1.807, 2.05) is 6.92 Å². The van der Waals surface area contributed by atoms with Crippen LogP contribution in [0.3, 0.4) is 0 Å². The molecule has 0 aromatic heterocycles. The van der Waals surface area contributed by atoms with E-state index < -0.39 is 10.8 Å². The minimum atomic E-state index is -0.573. The molecule has 0 fully saturated rings. The van der Waals surface area contributed by atoms with Crippen LogP contribution in [0.2, 0.25) is 0 Å². The lowest BCUT2D eigenvalue weighted by atomic mass is 10.2. The molecule has 0 heterocycles. The SMILES string of the molecule is CCOc1ccc(/C=C/C(=O)Nc2ccc(OC)c([N+](=O)[O-])c2)cc1OC. The number of methoxy groups -OCH3 is 2. The number of carbonyl (C=O) groups excluding carboxylic acids is 1. The van der Waals surface area contributed by atoms with E-state index in [1.165, 1.54) is 38.5 Å². The van der Waals surface area contributed by atoms with Crippen LogP contribution in [-0.4, -0.2) is 31.7 Å². The summed E-state index contributed by atoms with van der Waals surface area (Å²) in [5.74, 6) is 0.870. The highest BCUT2D eigenvalue weighted by Gasteiger charge is 2.15. The lowest BCUT2D eigenvalue weighted by Gasteiger charge is -2.09. The molecule has 2 aromatic carbocycles. The van der Waals surface area contributed by atoms with Crippen LogP contribution in [0.1, 0.15) is 12.5 Å². The molecule has 0 aliphatic rings. The van der Waals surface area contributed by atoms with Crippen molar-refractivity contribution in [3.8, 4) is 17.2 Å². The van der Waals surface area contributed by atoms with Crippen molar-refractivity contribution >= 4 is 23.4 Å². The molecule has 0 atom stereocenters. The molecule has 0 bridgehead atoms. The Hall–Kier alpha value is -3.55. The fourth-order valence-corrected chi connectivity index (χ4v) is 2.33. The minimum absolute atomic E-state index is 0.120. The summed E-state index contributed by atoms with van der Waals surface area (Å²) in [5, 5.41) is 13.6. The second-order valence-electron chi connectivity index (χ2n) is 5.31. The maximum Gasteiger partial charge on any atom is 0.312 e. The maximum atomic E-state index is 12.1. The van der Waals surface area contributed by atoms with Gasteiger partial charge in [0.2, 0.25) is 5.91 Å². The van der Waals surface area contributed by atoms with Crippen LogP contribution in [0, 0.1) is 10.1 Å². The first-order chi connectivity index (χ1) is 13.0. The Morgan fingerprint density at radius 2 is 1.81 bits per heavy atom. The zero-order chi connectivity index (χ0) is 19.8. The molecule has 0 aliphatic carbocycles. The van der Waals surface area contributed by atoms with E-state index in [2.05, 4.69) is 5.32 Å². The van der Waals surface area contributed by atoms with Gasteiger partial charge in [0.05, 0.1) is 25.7 Å². The van der Waals surface area contributed by atoms with Gasteiger partial charge in [-0.2, -0.15) is 0 Å². The third-order valence-electron chi connectivity index (χ3n) is 3.56. The van der Waals surface area contributed by atoms with Gasteiger partial charge < -0.3 is 19.5 Å². The van der Waals surface area contributed by atoms with Gasteiger partial charge in [-0.25, -0.2) is 0 Å². The lowest BCUT2D eigenvalue weighted by molar-refractivity contribution is -0.385. The molecule has 0 saturated carbocycles. The van der Waals surface area contributed by atoms with E-state index in [-0.39, 0.29) is 11.4 Å². The molecule has 0 saturated heterocycles. The van der Waals surface area contributed by atoms with Crippen LogP contribution in [-0.2, 0) is 4.79 Å². The van der Waals surface area contributed by atoms with Crippen LogP contribution < -0.4 is 19.5 Å². The van der Waals surface area contributed by atoms with Gasteiger partial charge in [-0.3, -0.25) is 14.9 Å². The highest BCUT2D eigenvalue weighted by atomic mass is 16.6. The topological polar surface area (TPSA) is 99.9 Å². The molecule has 27 heavy (non-hydrogen) atoms. The van der Waals surface area contributed by atoms with Crippen molar-refractivity contribution in [2.24, 2.45) is 0 Å². The number of anilines is 1. The Morgan fingerprint density at radius 1 is 1.11 bits per heavy atom. The molecule has 0 radical (unpaired) electrons. The van der Waals surface area contributed by atoms with Crippen LogP contribution in [0.4, 0.5) is 11.4 Å². The number of nitro benzene ring substituents is 1. The molecule has 2 aromatic rings. The number of nitrogens with one attached hydrogen (secondary N) is 1. The fourth-order valence-electron chi connectivity index (χ4n) is 2.33. The van der Waals surface area contributed by atoms with Gasteiger partial charge in [0.1, 0.15) is 0 Å². The number of rotatable bonds is 8. The average molecular weight is 372 g/mol. The fraction of sp³-hybridized carbons (Fsp3) is 0.211. The van der Waals surface area contributed by atoms with Gasteiger partial charge in [0.15, 0.2) is 17.2 Å². The van der Waals surface area contributed by atoms with E-state index in [1.54, 1.807) is 24.3 Å². The van der Waals surface area contributed by atoms with Crippen molar-refractivity contribution in [3.63, 3.8) is 0 Å². The molecule has 2 rings (SSSR count). The first kappa shape index (κ1) is 19.8. The summed E-state index contributed by atoms with van der Waals surface area (Å²) in [5.41, 5.74) is 0.808. The molecule has 8 nitrogen and oxygen atoms in total. The van der Waals surface area contributed by atoms with Crippen molar-refractivity contribution < 1.29 is 23.9 Å². The summed E-state index contributed by atoms with van der Waals surface area (Å²) in [4.78, 5) is 22.6. The summed E-state index contributed by atoms with van der Waals surface area (Å²) in [6, 6.07) is 9.48. The molecular formula is C19H20N2O6. The first-order valence-corrected chi connectivity index (χ1v) is 8.10. The maximum absolute atomic E-state index is 12.1. The van der Waals surface area contributed by atoms with Gasteiger partial charge in [-0.1, -0.05) is 6.07 Å². The average Bonchev–Trinajstić information content (AvgIpc) is 2.67. The predicted octanol–water partition coefficient (Wildman–Crippen LogP) is 3.66. The first-order valence-electron chi connectivity index (χ1n) is 8.10. The Bertz CT molecular complexity index is 863. The summed E-state index contributed by atoms with van der Waals surface area (Å²) in [6.45, 7) is 2.39. The molecule has 0 unspecified atom stereocenters. The number of carbonyl (C=O) groups is 1. The van der Waals surface area contributed by atoms with Gasteiger partial charge in [0.25, 0.3) is 0 Å². The number of ether oxygens (including phenoxy) is 3. The number of hydrogen-bond acceptors (Lipinski definition) is 6. The van der Waals surface area contributed by atoms with E-state index in [0.717, 1.165) is 5.56 Å². The van der Waals surface area contributed by atoms with Crippen LogP contribution >= 0.6 is 0 Å². The summed E-state index contributed by atoms with van der Waals surface area (Å²) in [7, 11) is 2.88. The van der Waals surface area contributed by atoms with Crippen molar-refractivity contribution in [2.75, 3.05) is 26.1 Å². The Labute approximate surface area is 156 Å². The summed E-state index contributed by atoms with van der Waals surface area (Å²) >= 11 is 0. The van der Waals surface area contributed by atoms with E-state index in [9.17, 15) is 14.9 Å². The highest BCUT2D eigenvalue weighted by molar-refractivity contribution is 6.02. The van der Waals surface area contributed by atoms with Crippen LogP contribution in [0.5, 0.6) is 17.2 Å². The van der Waals surface area contributed by atoms with Crippen molar-refractivity contribution in [1.82, 2.24) is 0 Å². The quantitative estimate of drug-likeness (QED) is 0.431. The molecule has 0 spiro atoms. The largest absolute Gasteiger partial charge is 0.493 e. The lowest BCUT2D eigenvalue weighted by Crippen LogP contribution is -2.08. The number of amides is 1. The van der Waals surface area contributed by atoms with Crippen molar-refractivity contribution in [1.29, 1.82) is 0 Å². The zero-order valence-corrected chi connectivity index (χ0v) is 15.2. The number of benzene rings is 2. The number of nitrogens with zero attached hydrogens (tertiary/aromatic N) is 1. The number of nitro groups is 1. The Balaban J connectivity index is 2.11. The van der Waals surface area contributed by atoms with Gasteiger partial charge >= 0.3 is 5.69 Å². The highest BCUT2D eigenvalue weighted by Crippen LogP contribution is 2.30. The zero-order valence-electron chi connectivity index (χ0n) is 15.2. The normalized spacial score (nSPS) is 10.5. The van der Waals surface area contributed by atoms with Crippen molar-refractivity contribution in [3.05, 3.63) is 58.2 Å². The van der Waals surface area contributed by atoms with Crippen molar-refractivity contribution in [2.45, 2.75) is 6.92 Å². The Kier molecular flexibility index (Phi) is 6.76. The third-order valence-corrected chi connectivity index (χ3v) is 3.56. The molecule has 8 heteroatoms. The smallest absolute Gasteiger partial charge is 0.312 e. The van der Waals surface area contributed by atoms with Crippen LogP contribution in [0.25, 0.3) is 6.08 Å². The van der Waals surface area contributed by atoms with Gasteiger partial charge in [0, 0.05) is 17.8 Å². The van der Waals surface area contributed by atoms with E-state index in [4.69, 9.17) is 14.2 Å². The monoisotopic (exact) mass is 372 g/mol. The van der Waals surface area contributed by atoms with E-state index >= 15 is 0 Å². The third kappa shape index (κ3) is 5.21. The minimum Gasteiger partial charge on any atom is -0.493 e. The number of hydrogen-bond donors (Lipinski definition) is 1. The van der Waals surface area contributed by atoms with Crippen LogP contribution in [0.15, 0.2) is 42.5 Å². The summed E-state index contributed by atoms with van der Waals surface area (Å²) < 4.78 is 15.6. The standard InChI is InChI=1S/C19H20N2O6/c1-4-27-17-8-5-13(11-18(17)26-3)6-10-19(22)20-14-7-9-16(25-2)15(12-14)21(23)24/h5-12H,4H2,1-3H3,(H,20,22)/b10-6+. The Morgan fingerprint density at radius 3 is 2.44 bits per heavy atom. The molecule has 1 N–H and O–H groups in total. The van der Waals surface area contributed by atoms with Gasteiger partial charge in [-0.05, 0) is 42.8 Å². The molecule has 142 valence electrons. The molecule has 1 amide bonds.